The highest BCUT2D eigenvalue weighted by Gasteiger charge is 2.23. The van der Waals surface area contributed by atoms with Crippen molar-refractivity contribution in [3.63, 3.8) is 0 Å². The van der Waals surface area contributed by atoms with E-state index in [2.05, 4.69) is 15.5 Å². The molecule has 1 rings (SSSR count). The van der Waals surface area contributed by atoms with Crippen molar-refractivity contribution in [1.29, 1.82) is 0 Å². The van der Waals surface area contributed by atoms with Gasteiger partial charge in [0.05, 0.1) is 6.42 Å². The molecule has 0 aliphatic heterocycles. The van der Waals surface area contributed by atoms with Gasteiger partial charge in [-0.25, -0.2) is 18.4 Å². The molecule has 0 bridgehead atoms. The van der Waals surface area contributed by atoms with Crippen LogP contribution in [0.1, 0.15) is 6.42 Å². The van der Waals surface area contributed by atoms with Crippen LogP contribution in [0, 0.1) is 0 Å². The number of nitrogens with two attached hydrogens (primary N) is 1. The summed E-state index contributed by atoms with van der Waals surface area (Å²) >= 11 is 0.510. The number of hydrogen-bond acceptors (Lipinski definition) is 8. The number of hydrogen-bond donors (Lipinski definition) is 4. The summed E-state index contributed by atoms with van der Waals surface area (Å²) in [5, 5.41) is 30.7. The highest BCUT2D eigenvalue weighted by atomic mass is 32.2. The van der Waals surface area contributed by atoms with Gasteiger partial charge in [0.15, 0.2) is 0 Å². The number of nitrogens with one attached hydrogen (secondary N) is 1. The predicted molar refractivity (Wildman–Crippen MR) is 58.6 cm³/mol. The van der Waals surface area contributed by atoms with E-state index in [0.717, 1.165) is 0 Å². The van der Waals surface area contributed by atoms with Crippen molar-refractivity contribution in [2.75, 3.05) is 5.32 Å². The normalized spacial score (nSPS) is 12.9. The zero-order valence-corrected chi connectivity index (χ0v) is 10.2. The summed E-state index contributed by atoms with van der Waals surface area (Å²) in [6, 6.07) is -1.44. The second-order valence-electron chi connectivity index (χ2n) is 3.05. The molecule has 0 amide bonds. The second-order valence-corrected chi connectivity index (χ2v) is 5.76. The molecule has 1 heterocycles. The first-order valence-electron chi connectivity index (χ1n) is 4.27. The van der Waals surface area contributed by atoms with Gasteiger partial charge in [-0.3, -0.25) is 4.79 Å². The van der Waals surface area contributed by atoms with Crippen LogP contribution in [0.4, 0.5) is 5.13 Å². The average molecular weight is 296 g/mol. The number of carbonyl (C=O) groups is 2. The Labute approximate surface area is 105 Å². The molecule has 0 aliphatic carbocycles. The molecule has 1 aromatic heterocycles. The molecule has 18 heavy (non-hydrogen) atoms. The molecule has 0 spiro atoms. The van der Waals surface area contributed by atoms with Crippen LogP contribution < -0.4 is 10.5 Å². The minimum Gasteiger partial charge on any atom is -0.481 e. The van der Waals surface area contributed by atoms with E-state index < -0.39 is 38.8 Å². The lowest BCUT2D eigenvalue weighted by Crippen LogP contribution is -2.31. The Morgan fingerprint density at radius 1 is 1.39 bits per heavy atom. The monoisotopic (exact) mass is 296 g/mol. The van der Waals surface area contributed by atoms with Gasteiger partial charge >= 0.3 is 11.9 Å². The van der Waals surface area contributed by atoms with Gasteiger partial charge < -0.3 is 15.5 Å². The summed E-state index contributed by atoms with van der Waals surface area (Å²) in [4.78, 5) is 21.1. The Balaban J connectivity index is 2.85. The molecule has 100 valence electrons. The van der Waals surface area contributed by atoms with Crippen LogP contribution in [-0.4, -0.2) is 46.8 Å². The summed E-state index contributed by atoms with van der Waals surface area (Å²) < 4.78 is 21.3. The van der Waals surface area contributed by atoms with E-state index in [1.54, 1.807) is 0 Å². The number of sulfonamides is 1. The minimum absolute atomic E-state index is 0.146. The SMILES string of the molecule is NS(=O)(=O)c1nnc(N[C@@H](CC(=O)O)C(=O)O)s1. The topological polar surface area (TPSA) is 173 Å². The van der Waals surface area contributed by atoms with Crippen LogP contribution in [0.5, 0.6) is 0 Å². The lowest BCUT2D eigenvalue weighted by molar-refractivity contribution is -0.144. The molecule has 10 nitrogen and oxygen atoms in total. The molecule has 0 unspecified atom stereocenters. The van der Waals surface area contributed by atoms with Crippen molar-refractivity contribution in [2.24, 2.45) is 5.14 Å². The standard InChI is InChI=1S/C6H8N4O6S2/c7-18(15,16)6-10-9-5(17-6)8-2(4(13)14)1-3(11)12/h2H,1H2,(H,8,9)(H,11,12)(H,13,14)(H2,7,15,16)/t2-/m0/s1. The van der Waals surface area contributed by atoms with Crippen molar-refractivity contribution in [1.82, 2.24) is 10.2 Å². The van der Waals surface area contributed by atoms with E-state index in [9.17, 15) is 18.0 Å². The number of rotatable bonds is 6. The van der Waals surface area contributed by atoms with Crippen molar-refractivity contribution < 1.29 is 28.2 Å². The molecule has 1 aromatic rings. The Morgan fingerprint density at radius 3 is 2.39 bits per heavy atom. The first-order valence-corrected chi connectivity index (χ1v) is 6.64. The highest BCUT2D eigenvalue weighted by Crippen LogP contribution is 2.19. The third-order valence-electron chi connectivity index (χ3n) is 1.62. The lowest BCUT2D eigenvalue weighted by atomic mass is 10.2. The third-order valence-corrected chi connectivity index (χ3v) is 3.79. The molecule has 0 saturated heterocycles. The Kier molecular flexibility index (Phi) is 4.15. The summed E-state index contributed by atoms with van der Waals surface area (Å²) in [6.07, 6.45) is -0.695. The molecular weight excluding hydrogens is 288 g/mol. The molecule has 0 aliphatic rings. The maximum absolute atomic E-state index is 10.9. The lowest BCUT2D eigenvalue weighted by Gasteiger charge is -2.09. The number of anilines is 1. The van der Waals surface area contributed by atoms with Gasteiger partial charge in [-0.2, -0.15) is 0 Å². The quantitative estimate of drug-likeness (QED) is 0.488. The Morgan fingerprint density at radius 2 is 2.00 bits per heavy atom. The fourth-order valence-corrected chi connectivity index (χ4v) is 2.29. The smallest absolute Gasteiger partial charge is 0.326 e. The van der Waals surface area contributed by atoms with Gasteiger partial charge in [0.25, 0.3) is 10.0 Å². The number of nitrogens with zero attached hydrogens (tertiary/aromatic N) is 2. The maximum Gasteiger partial charge on any atom is 0.326 e. The van der Waals surface area contributed by atoms with Crippen LogP contribution >= 0.6 is 11.3 Å². The summed E-state index contributed by atoms with van der Waals surface area (Å²) in [5.74, 6) is -2.74. The summed E-state index contributed by atoms with van der Waals surface area (Å²) in [7, 11) is -4.02. The zero-order valence-electron chi connectivity index (χ0n) is 8.60. The van der Waals surface area contributed by atoms with Gasteiger partial charge in [-0.05, 0) is 0 Å². The predicted octanol–water partition coefficient (Wildman–Crippen LogP) is -1.47. The third kappa shape index (κ3) is 3.90. The van der Waals surface area contributed by atoms with E-state index in [4.69, 9.17) is 15.4 Å². The second kappa shape index (κ2) is 5.24. The van der Waals surface area contributed by atoms with E-state index in [1.807, 2.05) is 0 Å². The number of aliphatic carboxylic acids is 2. The minimum atomic E-state index is -4.02. The van der Waals surface area contributed by atoms with Crippen LogP contribution in [0.15, 0.2) is 4.34 Å². The van der Waals surface area contributed by atoms with Gasteiger partial charge in [0.2, 0.25) is 9.47 Å². The molecule has 0 radical (unpaired) electrons. The number of carboxylic acids is 2. The molecule has 12 heteroatoms. The summed E-state index contributed by atoms with van der Waals surface area (Å²) in [5.41, 5.74) is 0. The fraction of sp³-hybridized carbons (Fsp3) is 0.333. The van der Waals surface area contributed by atoms with Crippen molar-refractivity contribution in [2.45, 2.75) is 16.8 Å². The first kappa shape index (κ1) is 14.3. The van der Waals surface area contributed by atoms with E-state index in [0.29, 0.717) is 11.3 Å². The Bertz CT molecular complexity index is 566. The van der Waals surface area contributed by atoms with Crippen molar-refractivity contribution >= 4 is 38.4 Å². The fourth-order valence-electron chi connectivity index (χ4n) is 0.907. The van der Waals surface area contributed by atoms with Crippen molar-refractivity contribution in [3.05, 3.63) is 0 Å². The van der Waals surface area contributed by atoms with E-state index in [1.165, 1.54) is 0 Å². The number of primary sulfonamides is 1. The van der Waals surface area contributed by atoms with Gasteiger partial charge in [0.1, 0.15) is 6.04 Å². The average Bonchev–Trinajstić information content (AvgIpc) is 2.63. The van der Waals surface area contributed by atoms with Crippen LogP contribution in [0.3, 0.4) is 0 Å². The molecule has 1 atom stereocenters. The molecule has 5 N–H and O–H groups in total. The molecular formula is C6H8N4O6S2. The maximum atomic E-state index is 10.9. The van der Waals surface area contributed by atoms with Crippen LogP contribution in [0.25, 0.3) is 0 Å². The van der Waals surface area contributed by atoms with Crippen LogP contribution in [-0.2, 0) is 19.6 Å². The molecule has 0 fully saturated rings. The zero-order chi connectivity index (χ0) is 13.9. The van der Waals surface area contributed by atoms with Crippen LogP contribution in [0.2, 0.25) is 0 Å². The number of carboxylic acid groups (broad SMARTS) is 2. The van der Waals surface area contributed by atoms with E-state index in [-0.39, 0.29) is 5.13 Å². The largest absolute Gasteiger partial charge is 0.481 e. The van der Waals surface area contributed by atoms with Gasteiger partial charge in [-0.1, -0.05) is 11.3 Å². The first-order chi connectivity index (χ1) is 8.20. The van der Waals surface area contributed by atoms with Gasteiger partial charge in [0, 0.05) is 0 Å². The molecule has 0 saturated carbocycles. The highest BCUT2D eigenvalue weighted by molar-refractivity contribution is 7.91. The van der Waals surface area contributed by atoms with Crippen molar-refractivity contribution in [3.8, 4) is 0 Å². The molecule has 0 aromatic carbocycles. The summed E-state index contributed by atoms with van der Waals surface area (Å²) in [6.45, 7) is 0. The number of aromatic nitrogens is 2. The van der Waals surface area contributed by atoms with E-state index >= 15 is 0 Å². The Hall–Kier alpha value is -1.79. The van der Waals surface area contributed by atoms with Gasteiger partial charge in [-0.15, -0.1) is 10.2 Å².